The molecule has 0 aliphatic rings. The minimum absolute atomic E-state index is 0.0865. The van der Waals surface area contributed by atoms with Gasteiger partial charge in [-0.25, -0.2) is 12.9 Å². The minimum Gasteiger partial charge on any atom is -0.313 e. The van der Waals surface area contributed by atoms with Crippen molar-refractivity contribution in [3.8, 4) is 0 Å². The summed E-state index contributed by atoms with van der Waals surface area (Å²) in [5.41, 5.74) is 1.99. The molecule has 0 aliphatic heterocycles. The van der Waals surface area contributed by atoms with E-state index in [0.29, 0.717) is 6.42 Å². The summed E-state index contributed by atoms with van der Waals surface area (Å²) in [6, 6.07) is 0.0865. The summed E-state index contributed by atoms with van der Waals surface area (Å²) in [5.74, 6) is 0.211. The zero-order valence-electron chi connectivity index (χ0n) is 11.1. The lowest BCUT2D eigenvalue weighted by atomic mass is 10.0. The van der Waals surface area contributed by atoms with Gasteiger partial charge in [-0.1, -0.05) is 0 Å². The van der Waals surface area contributed by atoms with Crippen LogP contribution in [0, 0.1) is 0 Å². The second kappa shape index (κ2) is 5.66. The van der Waals surface area contributed by atoms with Gasteiger partial charge in [0.05, 0.1) is 17.9 Å². The molecule has 2 heterocycles. The first kappa shape index (κ1) is 14.0. The third-order valence-corrected chi connectivity index (χ3v) is 4.12. The summed E-state index contributed by atoms with van der Waals surface area (Å²) < 4.78 is 24.1. The predicted molar refractivity (Wildman–Crippen MR) is 73.7 cm³/mol. The maximum Gasteiger partial charge on any atom is 0.147 e. The number of aromatic nitrogens is 3. The Bertz CT molecular complexity index is 651. The molecule has 0 spiro atoms. The van der Waals surface area contributed by atoms with E-state index in [1.54, 1.807) is 29.3 Å². The number of hydrogen-bond acceptors (Lipinski definition) is 5. The van der Waals surface area contributed by atoms with E-state index in [9.17, 15) is 8.42 Å². The van der Waals surface area contributed by atoms with Crippen LogP contribution >= 0.6 is 0 Å². The van der Waals surface area contributed by atoms with Crippen molar-refractivity contribution in [2.45, 2.75) is 18.9 Å². The highest BCUT2D eigenvalue weighted by Crippen LogP contribution is 2.22. The molecule has 0 fully saturated rings. The number of hydrogen-bond donors (Lipinski definition) is 1. The number of nitrogens with zero attached hydrogens (tertiary/aromatic N) is 3. The molecule has 7 heteroatoms. The molecule has 0 bridgehead atoms. The molecule has 19 heavy (non-hydrogen) atoms. The highest BCUT2D eigenvalue weighted by atomic mass is 32.2. The number of sulfone groups is 1. The fraction of sp³-hybridized carbons (Fsp3) is 0.500. The van der Waals surface area contributed by atoms with Crippen LogP contribution in [0.15, 0.2) is 24.8 Å². The van der Waals surface area contributed by atoms with E-state index in [1.165, 1.54) is 6.26 Å². The van der Waals surface area contributed by atoms with Crippen molar-refractivity contribution in [1.82, 2.24) is 19.9 Å². The van der Waals surface area contributed by atoms with E-state index in [0.717, 1.165) is 17.5 Å². The van der Waals surface area contributed by atoms with E-state index in [4.69, 9.17) is 0 Å². The standard InChI is InChI=1S/C12H18N4O2S/c1-13-11(4-3-7-19(2,17)18)10-8-15-16-6-5-14-9-12(10)16/h5-6,8-9,11,13H,3-4,7H2,1-2H3. The average Bonchev–Trinajstić information content (AvgIpc) is 2.77. The SMILES string of the molecule is CNC(CCCS(C)(=O)=O)c1cnn2ccncc12. The molecule has 6 nitrogen and oxygen atoms in total. The molecule has 1 N–H and O–H groups in total. The third kappa shape index (κ3) is 3.51. The van der Waals surface area contributed by atoms with E-state index in [-0.39, 0.29) is 11.8 Å². The highest BCUT2D eigenvalue weighted by molar-refractivity contribution is 7.90. The van der Waals surface area contributed by atoms with Crippen LogP contribution in [0.1, 0.15) is 24.4 Å². The van der Waals surface area contributed by atoms with Crippen molar-refractivity contribution in [3.63, 3.8) is 0 Å². The van der Waals surface area contributed by atoms with Gasteiger partial charge in [0.1, 0.15) is 9.84 Å². The van der Waals surface area contributed by atoms with Gasteiger partial charge in [0.15, 0.2) is 0 Å². The first-order valence-electron chi connectivity index (χ1n) is 6.13. The quantitative estimate of drug-likeness (QED) is 0.848. The van der Waals surface area contributed by atoms with Crippen molar-refractivity contribution in [1.29, 1.82) is 0 Å². The Labute approximate surface area is 112 Å². The molecule has 0 radical (unpaired) electrons. The second-order valence-corrected chi connectivity index (χ2v) is 6.88. The summed E-state index contributed by atoms with van der Waals surface area (Å²) in [7, 11) is -1.03. The summed E-state index contributed by atoms with van der Waals surface area (Å²) in [6.07, 6.45) is 9.69. The highest BCUT2D eigenvalue weighted by Gasteiger charge is 2.15. The lowest BCUT2D eigenvalue weighted by Gasteiger charge is -2.14. The average molecular weight is 282 g/mol. The molecule has 2 rings (SSSR count). The molecule has 0 amide bonds. The number of rotatable bonds is 6. The first-order chi connectivity index (χ1) is 9.01. The monoisotopic (exact) mass is 282 g/mol. The van der Waals surface area contributed by atoms with Crippen LogP contribution in [0.5, 0.6) is 0 Å². The molecule has 2 aromatic heterocycles. The third-order valence-electron chi connectivity index (χ3n) is 3.09. The molecule has 0 aliphatic carbocycles. The Balaban J connectivity index is 2.13. The van der Waals surface area contributed by atoms with Gasteiger partial charge >= 0.3 is 0 Å². The maximum absolute atomic E-state index is 11.2. The van der Waals surface area contributed by atoms with Crippen LogP contribution < -0.4 is 5.32 Å². The van der Waals surface area contributed by atoms with Crippen LogP contribution in [-0.2, 0) is 9.84 Å². The van der Waals surface area contributed by atoms with Crippen molar-refractivity contribution in [2.75, 3.05) is 19.1 Å². The zero-order chi connectivity index (χ0) is 13.9. The molecule has 2 aromatic rings. The summed E-state index contributed by atoms with van der Waals surface area (Å²) in [6.45, 7) is 0. The second-order valence-electron chi connectivity index (χ2n) is 4.62. The topological polar surface area (TPSA) is 76.4 Å². The fourth-order valence-corrected chi connectivity index (χ4v) is 2.82. The van der Waals surface area contributed by atoms with Crippen LogP contribution in [0.3, 0.4) is 0 Å². The molecule has 1 unspecified atom stereocenters. The van der Waals surface area contributed by atoms with Crippen molar-refractivity contribution in [2.24, 2.45) is 0 Å². The van der Waals surface area contributed by atoms with Gasteiger partial charge in [0.2, 0.25) is 0 Å². The van der Waals surface area contributed by atoms with Gasteiger partial charge in [0.25, 0.3) is 0 Å². The first-order valence-corrected chi connectivity index (χ1v) is 8.19. The van der Waals surface area contributed by atoms with Gasteiger partial charge in [0, 0.05) is 36.0 Å². The lowest BCUT2D eigenvalue weighted by molar-refractivity contribution is 0.539. The number of fused-ring (bicyclic) bond motifs is 1. The largest absolute Gasteiger partial charge is 0.313 e. The van der Waals surface area contributed by atoms with Gasteiger partial charge in [-0.3, -0.25) is 4.98 Å². The zero-order valence-corrected chi connectivity index (χ0v) is 11.9. The van der Waals surface area contributed by atoms with Crippen molar-refractivity contribution >= 4 is 15.4 Å². The Morgan fingerprint density at radius 3 is 2.89 bits per heavy atom. The molecule has 0 saturated carbocycles. The van der Waals surface area contributed by atoms with Crippen molar-refractivity contribution in [3.05, 3.63) is 30.4 Å². The van der Waals surface area contributed by atoms with Crippen LogP contribution in [0.4, 0.5) is 0 Å². The van der Waals surface area contributed by atoms with Crippen LogP contribution in [0.2, 0.25) is 0 Å². The van der Waals surface area contributed by atoms with Crippen molar-refractivity contribution < 1.29 is 8.42 Å². The van der Waals surface area contributed by atoms with Gasteiger partial charge in [-0.15, -0.1) is 0 Å². The summed E-state index contributed by atoms with van der Waals surface area (Å²) in [5, 5.41) is 7.47. The Hall–Kier alpha value is -1.47. The summed E-state index contributed by atoms with van der Waals surface area (Å²) in [4.78, 5) is 4.10. The predicted octanol–water partition coefficient (Wildman–Crippen LogP) is 0.815. The van der Waals surface area contributed by atoms with E-state index < -0.39 is 9.84 Å². The van der Waals surface area contributed by atoms with E-state index in [2.05, 4.69) is 15.4 Å². The Kier molecular flexibility index (Phi) is 4.16. The molecule has 0 saturated heterocycles. The lowest BCUT2D eigenvalue weighted by Crippen LogP contribution is -2.17. The molecule has 1 atom stereocenters. The summed E-state index contributed by atoms with van der Waals surface area (Å²) >= 11 is 0. The van der Waals surface area contributed by atoms with Crippen LogP contribution in [-0.4, -0.2) is 42.1 Å². The Morgan fingerprint density at radius 1 is 1.42 bits per heavy atom. The number of nitrogens with one attached hydrogen (secondary N) is 1. The Morgan fingerprint density at radius 2 is 2.21 bits per heavy atom. The van der Waals surface area contributed by atoms with E-state index >= 15 is 0 Å². The van der Waals surface area contributed by atoms with Gasteiger partial charge in [-0.2, -0.15) is 5.10 Å². The molecule has 104 valence electrons. The molecular formula is C12H18N4O2S. The normalized spacial score (nSPS) is 13.8. The maximum atomic E-state index is 11.2. The van der Waals surface area contributed by atoms with Gasteiger partial charge in [-0.05, 0) is 19.9 Å². The van der Waals surface area contributed by atoms with E-state index in [1.807, 2.05) is 7.05 Å². The fourth-order valence-electron chi connectivity index (χ4n) is 2.13. The van der Waals surface area contributed by atoms with Crippen LogP contribution in [0.25, 0.3) is 5.52 Å². The van der Waals surface area contributed by atoms with Gasteiger partial charge < -0.3 is 5.32 Å². The smallest absolute Gasteiger partial charge is 0.147 e. The molecule has 0 aromatic carbocycles. The minimum atomic E-state index is -2.90. The molecular weight excluding hydrogens is 264 g/mol.